The van der Waals surface area contributed by atoms with E-state index in [1.165, 1.54) is 29.5 Å². The molecule has 3 rings (SSSR count). The quantitative estimate of drug-likeness (QED) is 0.339. The van der Waals surface area contributed by atoms with Crippen LogP contribution in [-0.4, -0.2) is 54.0 Å². The lowest BCUT2D eigenvalue weighted by atomic mass is 10.2. The lowest BCUT2D eigenvalue weighted by Gasteiger charge is -2.24. The zero-order valence-corrected chi connectivity index (χ0v) is 19.2. The number of ether oxygens (including phenoxy) is 1. The number of halogens is 1. The van der Waals surface area contributed by atoms with E-state index in [9.17, 15) is 14.9 Å². The van der Waals surface area contributed by atoms with E-state index in [1.807, 2.05) is 18.2 Å². The van der Waals surface area contributed by atoms with E-state index < -0.39 is 4.92 Å². The van der Waals surface area contributed by atoms with Crippen LogP contribution in [-0.2, 0) is 0 Å². The number of likely N-dealkylation sites (N-methyl/N-ethyl adjacent to an activating group) is 1. The number of amides is 1. The van der Waals surface area contributed by atoms with Gasteiger partial charge < -0.3 is 9.64 Å². The highest BCUT2D eigenvalue weighted by Gasteiger charge is 2.23. The van der Waals surface area contributed by atoms with Crippen molar-refractivity contribution in [2.24, 2.45) is 0 Å². The lowest BCUT2D eigenvalue weighted by molar-refractivity contribution is -0.384. The lowest BCUT2D eigenvalue weighted by Crippen LogP contribution is -2.38. The van der Waals surface area contributed by atoms with E-state index in [2.05, 4.69) is 23.7 Å². The molecule has 0 saturated carbocycles. The molecule has 0 aliphatic heterocycles. The molecular formula is C21H25ClN4O4S. The van der Waals surface area contributed by atoms with Crippen molar-refractivity contribution < 1.29 is 14.5 Å². The first-order valence-corrected chi connectivity index (χ1v) is 10.5. The molecule has 0 aliphatic carbocycles. The van der Waals surface area contributed by atoms with Crippen LogP contribution in [0.5, 0.6) is 5.75 Å². The highest BCUT2D eigenvalue weighted by atomic mass is 35.5. The predicted octanol–water partition coefficient (Wildman–Crippen LogP) is 4.62. The second kappa shape index (κ2) is 11.0. The highest BCUT2D eigenvalue weighted by molar-refractivity contribution is 7.22. The number of rotatable bonds is 9. The summed E-state index contributed by atoms with van der Waals surface area (Å²) in [5, 5.41) is 11.7. The number of nitrogens with zero attached hydrogens (tertiary/aromatic N) is 4. The number of methoxy groups -OCH3 is 1. The van der Waals surface area contributed by atoms with Gasteiger partial charge in [0.15, 0.2) is 5.13 Å². The van der Waals surface area contributed by atoms with Crippen LogP contribution in [0.3, 0.4) is 0 Å². The van der Waals surface area contributed by atoms with Gasteiger partial charge in [-0.2, -0.15) is 0 Å². The van der Waals surface area contributed by atoms with Crippen molar-refractivity contribution in [3.63, 3.8) is 0 Å². The molecule has 31 heavy (non-hydrogen) atoms. The number of nitro benzene ring substituents is 1. The average Bonchev–Trinajstić information content (AvgIpc) is 3.19. The van der Waals surface area contributed by atoms with Crippen LogP contribution in [0.4, 0.5) is 10.8 Å². The SMILES string of the molecule is CCN(CC)CCN(C(=O)c1cccc([N+](=O)[O-])c1)c1nc2cc(OC)ccc2s1.Cl. The van der Waals surface area contributed by atoms with Gasteiger partial charge in [0.25, 0.3) is 11.6 Å². The first-order chi connectivity index (χ1) is 14.5. The summed E-state index contributed by atoms with van der Waals surface area (Å²) >= 11 is 1.41. The molecule has 0 radical (unpaired) electrons. The Hall–Kier alpha value is -2.75. The topological polar surface area (TPSA) is 88.8 Å². The Morgan fingerprint density at radius 1 is 1.16 bits per heavy atom. The second-order valence-electron chi connectivity index (χ2n) is 6.62. The normalized spacial score (nSPS) is 10.7. The van der Waals surface area contributed by atoms with Gasteiger partial charge in [0.1, 0.15) is 5.75 Å². The minimum Gasteiger partial charge on any atom is -0.497 e. The summed E-state index contributed by atoms with van der Waals surface area (Å²) < 4.78 is 6.20. The zero-order chi connectivity index (χ0) is 21.7. The van der Waals surface area contributed by atoms with Crippen LogP contribution in [0.25, 0.3) is 10.2 Å². The van der Waals surface area contributed by atoms with Gasteiger partial charge in [0, 0.05) is 36.9 Å². The molecule has 1 aromatic heterocycles. The fraction of sp³-hybridized carbons (Fsp3) is 0.333. The molecule has 0 unspecified atom stereocenters. The summed E-state index contributed by atoms with van der Waals surface area (Å²) in [6, 6.07) is 11.4. The Morgan fingerprint density at radius 2 is 1.90 bits per heavy atom. The third-order valence-electron chi connectivity index (χ3n) is 4.90. The van der Waals surface area contributed by atoms with Crippen molar-refractivity contribution in [1.82, 2.24) is 9.88 Å². The van der Waals surface area contributed by atoms with Crippen molar-refractivity contribution in [2.75, 3.05) is 38.2 Å². The second-order valence-corrected chi connectivity index (χ2v) is 7.63. The van der Waals surface area contributed by atoms with E-state index >= 15 is 0 Å². The van der Waals surface area contributed by atoms with Crippen LogP contribution < -0.4 is 9.64 Å². The molecular weight excluding hydrogens is 440 g/mol. The number of aromatic nitrogens is 1. The summed E-state index contributed by atoms with van der Waals surface area (Å²) in [7, 11) is 1.59. The Morgan fingerprint density at radius 3 is 2.55 bits per heavy atom. The van der Waals surface area contributed by atoms with Gasteiger partial charge in [-0.05, 0) is 31.3 Å². The molecule has 0 aliphatic rings. The maximum Gasteiger partial charge on any atom is 0.270 e. The van der Waals surface area contributed by atoms with Gasteiger partial charge in [-0.3, -0.25) is 19.8 Å². The highest BCUT2D eigenvalue weighted by Crippen LogP contribution is 2.32. The van der Waals surface area contributed by atoms with E-state index in [0.29, 0.717) is 24.0 Å². The monoisotopic (exact) mass is 464 g/mol. The number of carbonyl (C=O) groups is 1. The third-order valence-corrected chi connectivity index (χ3v) is 5.96. The van der Waals surface area contributed by atoms with Crippen molar-refractivity contribution in [2.45, 2.75) is 13.8 Å². The minimum atomic E-state index is -0.499. The van der Waals surface area contributed by atoms with Gasteiger partial charge in [-0.1, -0.05) is 31.3 Å². The fourth-order valence-corrected chi connectivity index (χ4v) is 4.08. The summed E-state index contributed by atoms with van der Waals surface area (Å²) in [4.78, 5) is 32.4. The molecule has 166 valence electrons. The number of benzene rings is 2. The molecule has 3 aromatic rings. The Kier molecular flexibility index (Phi) is 8.73. The molecule has 2 aromatic carbocycles. The maximum atomic E-state index is 13.3. The molecule has 0 fully saturated rings. The number of nitro groups is 1. The van der Waals surface area contributed by atoms with E-state index in [-0.39, 0.29) is 29.6 Å². The van der Waals surface area contributed by atoms with E-state index in [1.54, 1.807) is 18.1 Å². The third kappa shape index (κ3) is 5.69. The summed E-state index contributed by atoms with van der Waals surface area (Å²) in [6.45, 7) is 6.98. The number of hydrogen-bond acceptors (Lipinski definition) is 7. The van der Waals surface area contributed by atoms with Crippen molar-refractivity contribution in [1.29, 1.82) is 0 Å². The Labute approximate surface area is 191 Å². The summed E-state index contributed by atoms with van der Waals surface area (Å²) in [5.74, 6) is 0.385. The van der Waals surface area contributed by atoms with Gasteiger partial charge in [-0.25, -0.2) is 4.98 Å². The molecule has 1 amide bonds. The number of hydrogen-bond donors (Lipinski definition) is 0. The molecule has 8 nitrogen and oxygen atoms in total. The van der Waals surface area contributed by atoms with Gasteiger partial charge in [0.2, 0.25) is 0 Å². The molecule has 1 heterocycles. The van der Waals surface area contributed by atoms with Gasteiger partial charge in [-0.15, -0.1) is 12.4 Å². The number of anilines is 1. The van der Waals surface area contributed by atoms with Crippen LogP contribution in [0.2, 0.25) is 0 Å². The number of non-ortho nitro benzene ring substituents is 1. The average molecular weight is 465 g/mol. The molecule has 0 spiro atoms. The fourth-order valence-electron chi connectivity index (χ4n) is 3.11. The van der Waals surface area contributed by atoms with Crippen molar-refractivity contribution in [3.8, 4) is 5.75 Å². The molecule has 0 atom stereocenters. The van der Waals surface area contributed by atoms with Crippen LogP contribution in [0.1, 0.15) is 24.2 Å². The van der Waals surface area contributed by atoms with Gasteiger partial charge in [0.05, 0.1) is 22.2 Å². The summed E-state index contributed by atoms with van der Waals surface area (Å²) in [6.07, 6.45) is 0. The van der Waals surface area contributed by atoms with E-state index in [4.69, 9.17) is 4.74 Å². The van der Waals surface area contributed by atoms with E-state index in [0.717, 1.165) is 23.3 Å². The van der Waals surface area contributed by atoms with Crippen LogP contribution in [0.15, 0.2) is 42.5 Å². The smallest absolute Gasteiger partial charge is 0.270 e. The maximum absolute atomic E-state index is 13.3. The molecule has 0 N–H and O–H groups in total. The van der Waals surface area contributed by atoms with Crippen molar-refractivity contribution >= 4 is 50.7 Å². The van der Waals surface area contributed by atoms with Crippen LogP contribution in [0, 0.1) is 10.1 Å². The Bertz CT molecular complexity index is 1050. The van der Waals surface area contributed by atoms with Gasteiger partial charge >= 0.3 is 0 Å². The number of carbonyl (C=O) groups excluding carboxylic acids is 1. The molecule has 0 saturated heterocycles. The molecule has 10 heteroatoms. The summed E-state index contributed by atoms with van der Waals surface area (Å²) in [5.41, 5.74) is 0.896. The zero-order valence-electron chi connectivity index (χ0n) is 17.6. The Balaban J connectivity index is 0.00000341. The minimum absolute atomic E-state index is 0. The van der Waals surface area contributed by atoms with Crippen molar-refractivity contribution in [3.05, 3.63) is 58.1 Å². The number of fused-ring (bicyclic) bond motifs is 1. The van der Waals surface area contributed by atoms with Crippen LogP contribution >= 0.6 is 23.7 Å². The first-order valence-electron chi connectivity index (χ1n) is 9.70. The molecule has 0 bridgehead atoms. The standard InChI is InChI=1S/C21H24N4O4S.ClH/c1-4-23(5-2)11-12-24(20(26)15-7-6-8-16(13-15)25(27)28)21-22-18-14-17(29-3)9-10-19(18)30-21;/h6-10,13-14H,4-5,11-12H2,1-3H3;1H. The predicted molar refractivity (Wildman–Crippen MR) is 126 cm³/mol. The largest absolute Gasteiger partial charge is 0.497 e. The number of thiazole rings is 1. The first kappa shape index (κ1) is 24.5.